The van der Waals surface area contributed by atoms with E-state index < -0.39 is 13.0 Å². The van der Waals surface area contributed by atoms with E-state index >= 15 is 0 Å². The van der Waals surface area contributed by atoms with Crippen LogP contribution in [0.2, 0.25) is 0 Å². The molecule has 1 aliphatic heterocycles. The Hall–Kier alpha value is -0.420. The predicted octanol–water partition coefficient (Wildman–Crippen LogP) is 1.52. The van der Waals surface area contributed by atoms with Crippen molar-refractivity contribution in [1.82, 2.24) is 10.2 Å². The van der Waals surface area contributed by atoms with Crippen molar-refractivity contribution in [3.05, 3.63) is 0 Å². The van der Waals surface area contributed by atoms with Crippen LogP contribution in [-0.2, 0) is 4.79 Å². The van der Waals surface area contributed by atoms with Crippen molar-refractivity contribution in [2.45, 2.75) is 32.2 Å². The van der Waals surface area contributed by atoms with Gasteiger partial charge in [0.25, 0.3) is 6.43 Å². The van der Waals surface area contributed by atoms with Crippen molar-refractivity contribution in [1.29, 1.82) is 0 Å². The maximum absolute atomic E-state index is 12.1. The number of hydrogen-bond donors (Lipinski definition) is 1. The summed E-state index contributed by atoms with van der Waals surface area (Å²) >= 11 is 0. The van der Waals surface area contributed by atoms with E-state index in [0.29, 0.717) is 0 Å². The van der Waals surface area contributed by atoms with Gasteiger partial charge in [-0.3, -0.25) is 4.79 Å². The maximum Gasteiger partial charge on any atom is 0.255 e. The number of hydrogen-bond acceptors (Lipinski definition) is 2. The third kappa shape index (κ3) is 3.87. The van der Waals surface area contributed by atoms with Gasteiger partial charge in [-0.15, -0.1) is 12.4 Å². The third-order valence-electron chi connectivity index (χ3n) is 2.89. The molecule has 0 saturated carbocycles. The van der Waals surface area contributed by atoms with Crippen molar-refractivity contribution < 1.29 is 13.6 Å². The summed E-state index contributed by atoms with van der Waals surface area (Å²) in [6.07, 6.45) is -0.836. The number of carbonyl (C=O) groups is 1. The fourth-order valence-corrected chi connectivity index (χ4v) is 2.07. The largest absolute Gasteiger partial charge is 0.340 e. The molecular formula is C10H19ClF2N2O. The van der Waals surface area contributed by atoms with Gasteiger partial charge in [0.15, 0.2) is 0 Å². The number of amides is 1. The molecule has 0 aliphatic carbocycles. The van der Waals surface area contributed by atoms with E-state index in [2.05, 4.69) is 5.32 Å². The molecule has 2 atom stereocenters. The summed E-state index contributed by atoms with van der Waals surface area (Å²) in [5.74, 6) is -0.286. The lowest BCUT2D eigenvalue weighted by Gasteiger charge is -2.23. The van der Waals surface area contributed by atoms with Gasteiger partial charge in [0.05, 0.1) is 12.5 Å². The Labute approximate surface area is 101 Å². The van der Waals surface area contributed by atoms with E-state index in [9.17, 15) is 13.6 Å². The molecule has 1 saturated heterocycles. The molecule has 96 valence electrons. The van der Waals surface area contributed by atoms with E-state index in [1.807, 2.05) is 6.92 Å². The second-order valence-corrected chi connectivity index (χ2v) is 3.97. The first-order chi connectivity index (χ1) is 7.06. The van der Waals surface area contributed by atoms with Crippen LogP contribution < -0.4 is 5.32 Å². The van der Waals surface area contributed by atoms with Gasteiger partial charge in [0.2, 0.25) is 5.91 Å². The highest BCUT2D eigenvalue weighted by Crippen LogP contribution is 2.20. The standard InChI is InChI=1S/C10H18F2N2O.ClH/c1-3-8-7(4-5-13-8)10(15)14(2)6-9(11)12;/h7-9,13H,3-6H2,1-2H3;1H. The van der Waals surface area contributed by atoms with Gasteiger partial charge in [-0.2, -0.15) is 0 Å². The predicted molar refractivity (Wildman–Crippen MR) is 61.1 cm³/mol. The molecule has 2 unspecified atom stereocenters. The molecule has 1 rings (SSSR count). The Kier molecular flexibility index (Phi) is 6.83. The lowest BCUT2D eigenvalue weighted by Crippen LogP contribution is -2.40. The average Bonchev–Trinajstić information content (AvgIpc) is 2.62. The van der Waals surface area contributed by atoms with Gasteiger partial charge in [-0.25, -0.2) is 8.78 Å². The number of rotatable bonds is 4. The molecule has 0 bridgehead atoms. The number of nitrogens with one attached hydrogen (secondary N) is 1. The highest BCUT2D eigenvalue weighted by atomic mass is 35.5. The fraction of sp³-hybridized carbons (Fsp3) is 0.900. The SMILES string of the molecule is CCC1NCCC1C(=O)N(C)CC(F)F.Cl. The van der Waals surface area contributed by atoms with Gasteiger partial charge >= 0.3 is 0 Å². The molecule has 0 radical (unpaired) electrons. The quantitative estimate of drug-likeness (QED) is 0.827. The Balaban J connectivity index is 0.00000225. The Morgan fingerprint density at radius 2 is 2.19 bits per heavy atom. The number of alkyl halides is 2. The molecule has 6 heteroatoms. The van der Waals surface area contributed by atoms with Crippen LogP contribution in [0.3, 0.4) is 0 Å². The minimum Gasteiger partial charge on any atom is -0.340 e. The summed E-state index contributed by atoms with van der Waals surface area (Å²) in [6, 6.07) is 0.151. The Morgan fingerprint density at radius 3 is 2.69 bits per heavy atom. The summed E-state index contributed by atoms with van der Waals surface area (Å²) in [5.41, 5.74) is 0. The van der Waals surface area contributed by atoms with Crippen LogP contribution in [0.1, 0.15) is 19.8 Å². The van der Waals surface area contributed by atoms with Crippen molar-refractivity contribution in [3.63, 3.8) is 0 Å². The minimum absolute atomic E-state index is 0. The van der Waals surface area contributed by atoms with Crippen LogP contribution in [-0.4, -0.2) is 43.4 Å². The average molecular weight is 257 g/mol. The fourth-order valence-electron chi connectivity index (χ4n) is 2.07. The third-order valence-corrected chi connectivity index (χ3v) is 2.89. The van der Waals surface area contributed by atoms with Crippen LogP contribution >= 0.6 is 12.4 Å². The van der Waals surface area contributed by atoms with Gasteiger partial charge in [-0.1, -0.05) is 6.92 Å². The zero-order valence-corrected chi connectivity index (χ0v) is 10.4. The first kappa shape index (κ1) is 15.6. The van der Waals surface area contributed by atoms with Gasteiger partial charge in [0, 0.05) is 13.1 Å². The lowest BCUT2D eigenvalue weighted by molar-refractivity contribution is -0.136. The molecule has 1 fully saturated rings. The van der Waals surface area contributed by atoms with E-state index in [-0.39, 0.29) is 30.3 Å². The smallest absolute Gasteiger partial charge is 0.255 e. The normalized spacial score (nSPS) is 24.3. The van der Waals surface area contributed by atoms with Gasteiger partial charge in [0.1, 0.15) is 0 Å². The summed E-state index contributed by atoms with van der Waals surface area (Å²) in [7, 11) is 1.44. The second kappa shape index (κ2) is 7.01. The zero-order chi connectivity index (χ0) is 11.4. The molecule has 0 aromatic carbocycles. The van der Waals surface area contributed by atoms with E-state index in [0.717, 1.165) is 24.3 Å². The highest BCUT2D eigenvalue weighted by Gasteiger charge is 2.33. The maximum atomic E-state index is 12.1. The zero-order valence-electron chi connectivity index (χ0n) is 9.58. The van der Waals surface area contributed by atoms with E-state index in [1.54, 1.807) is 0 Å². The Bertz CT molecular complexity index is 229. The summed E-state index contributed by atoms with van der Waals surface area (Å²) in [5, 5.41) is 3.21. The van der Waals surface area contributed by atoms with Crippen molar-refractivity contribution in [2.24, 2.45) is 5.92 Å². The molecule has 3 nitrogen and oxygen atoms in total. The van der Waals surface area contributed by atoms with Crippen molar-refractivity contribution in [3.8, 4) is 0 Å². The first-order valence-corrected chi connectivity index (χ1v) is 5.32. The minimum atomic E-state index is -2.45. The monoisotopic (exact) mass is 256 g/mol. The molecule has 0 aromatic rings. The molecular weight excluding hydrogens is 238 g/mol. The highest BCUT2D eigenvalue weighted by molar-refractivity contribution is 5.85. The first-order valence-electron chi connectivity index (χ1n) is 5.32. The van der Waals surface area contributed by atoms with Crippen LogP contribution in [0, 0.1) is 5.92 Å². The second-order valence-electron chi connectivity index (χ2n) is 3.97. The van der Waals surface area contributed by atoms with Crippen molar-refractivity contribution in [2.75, 3.05) is 20.1 Å². The Morgan fingerprint density at radius 1 is 1.56 bits per heavy atom. The van der Waals surface area contributed by atoms with E-state index in [1.165, 1.54) is 7.05 Å². The summed E-state index contributed by atoms with van der Waals surface area (Å²) in [6.45, 7) is 2.33. The van der Waals surface area contributed by atoms with Crippen LogP contribution in [0.25, 0.3) is 0 Å². The van der Waals surface area contributed by atoms with Gasteiger partial charge in [-0.05, 0) is 19.4 Å². The molecule has 0 spiro atoms. The molecule has 1 heterocycles. The summed E-state index contributed by atoms with van der Waals surface area (Å²) < 4.78 is 24.2. The number of halogens is 3. The lowest BCUT2D eigenvalue weighted by atomic mass is 9.97. The molecule has 0 aromatic heterocycles. The molecule has 1 N–H and O–H groups in total. The molecule has 16 heavy (non-hydrogen) atoms. The van der Waals surface area contributed by atoms with Crippen LogP contribution in [0.4, 0.5) is 8.78 Å². The van der Waals surface area contributed by atoms with Gasteiger partial charge < -0.3 is 10.2 Å². The molecule has 1 amide bonds. The van der Waals surface area contributed by atoms with Crippen molar-refractivity contribution >= 4 is 18.3 Å². The van der Waals surface area contributed by atoms with E-state index in [4.69, 9.17) is 0 Å². The topological polar surface area (TPSA) is 32.3 Å². The number of carbonyl (C=O) groups excluding carboxylic acids is 1. The van der Waals surface area contributed by atoms with Crippen LogP contribution in [0.5, 0.6) is 0 Å². The number of nitrogens with zero attached hydrogens (tertiary/aromatic N) is 1. The summed E-state index contributed by atoms with van der Waals surface area (Å²) in [4.78, 5) is 12.9. The van der Waals surface area contributed by atoms with Crippen LogP contribution in [0.15, 0.2) is 0 Å². The molecule has 1 aliphatic rings.